The minimum Gasteiger partial charge on any atom is -0.481 e. The summed E-state index contributed by atoms with van der Waals surface area (Å²) in [6, 6.07) is 3.59. The zero-order valence-corrected chi connectivity index (χ0v) is 9.72. The lowest BCUT2D eigenvalue weighted by Gasteiger charge is -2.01. The van der Waals surface area contributed by atoms with Crippen LogP contribution in [0.15, 0.2) is 23.4 Å². The van der Waals surface area contributed by atoms with Crippen molar-refractivity contribution >= 4 is 29.3 Å². The van der Waals surface area contributed by atoms with Crippen LogP contribution in [0, 0.1) is 0 Å². The number of aromatic nitrogens is 1. The molecule has 0 aliphatic carbocycles. The summed E-state index contributed by atoms with van der Waals surface area (Å²) in [6.07, 6.45) is 3.50. The Morgan fingerprint density at radius 1 is 1.53 bits per heavy atom. The standard InChI is InChI=1S/C10H12ClNO2S/c11-8-4-3-6-12-10(8)15-7-2-1-5-9(13)14/h3-4,6H,1-2,5,7H2,(H,13,14). The van der Waals surface area contributed by atoms with Crippen LogP contribution >= 0.6 is 23.4 Å². The summed E-state index contributed by atoms with van der Waals surface area (Å²) >= 11 is 7.47. The van der Waals surface area contributed by atoms with Gasteiger partial charge in [0.1, 0.15) is 5.03 Å². The maximum absolute atomic E-state index is 10.2. The van der Waals surface area contributed by atoms with E-state index in [9.17, 15) is 4.79 Å². The lowest BCUT2D eigenvalue weighted by molar-refractivity contribution is -0.137. The summed E-state index contributed by atoms with van der Waals surface area (Å²) in [7, 11) is 0. The third-order valence-corrected chi connectivity index (χ3v) is 3.26. The molecule has 1 rings (SSSR count). The molecule has 0 aliphatic rings. The van der Waals surface area contributed by atoms with Crippen molar-refractivity contribution in [3.05, 3.63) is 23.4 Å². The molecule has 1 aromatic heterocycles. The lowest BCUT2D eigenvalue weighted by atomic mass is 10.3. The number of rotatable bonds is 6. The molecule has 0 amide bonds. The van der Waals surface area contributed by atoms with Gasteiger partial charge in [0, 0.05) is 12.6 Å². The van der Waals surface area contributed by atoms with E-state index in [4.69, 9.17) is 16.7 Å². The van der Waals surface area contributed by atoms with Crippen LogP contribution < -0.4 is 0 Å². The maximum atomic E-state index is 10.2. The fourth-order valence-corrected chi connectivity index (χ4v) is 2.19. The Kier molecular flexibility index (Phi) is 5.50. The van der Waals surface area contributed by atoms with Gasteiger partial charge in [-0.3, -0.25) is 4.79 Å². The van der Waals surface area contributed by atoms with Crippen molar-refractivity contribution in [2.75, 3.05) is 5.75 Å². The van der Waals surface area contributed by atoms with Gasteiger partial charge in [-0.2, -0.15) is 0 Å². The highest BCUT2D eigenvalue weighted by atomic mass is 35.5. The minimum absolute atomic E-state index is 0.233. The van der Waals surface area contributed by atoms with Gasteiger partial charge in [0.2, 0.25) is 0 Å². The largest absolute Gasteiger partial charge is 0.481 e. The normalized spacial score (nSPS) is 10.2. The molecule has 0 unspecified atom stereocenters. The first kappa shape index (κ1) is 12.3. The molecule has 0 saturated heterocycles. The molecule has 1 N–H and O–H groups in total. The number of unbranched alkanes of at least 4 members (excludes halogenated alkanes) is 1. The van der Waals surface area contributed by atoms with Crippen molar-refractivity contribution in [1.29, 1.82) is 0 Å². The van der Waals surface area contributed by atoms with Crippen LogP contribution in [0.3, 0.4) is 0 Å². The third kappa shape index (κ3) is 5.04. The van der Waals surface area contributed by atoms with Crippen LogP contribution in [0.2, 0.25) is 5.02 Å². The number of hydrogen-bond acceptors (Lipinski definition) is 3. The van der Waals surface area contributed by atoms with Crippen LogP contribution in [-0.4, -0.2) is 21.8 Å². The predicted octanol–water partition coefficient (Wildman–Crippen LogP) is 3.08. The molecule has 0 radical (unpaired) electrons. The maximum Gasteiger partial charge on any atom is 0.303 e. The van der Waals surface area contributed by atoms with Crippen LogP contribution in [-0.2, 0) is 4.79 Å². The number of pyridine rings is 1. The number of carboxylic acid groups (broad SMARTS) is 1. The van der Waals surface area contributed by atoms with Gasteiger partial charge in [-0.05, 0) is 30.7 Å². The Bertz CT molecular complexity index is 333. The van der Waals surface area contributed by atoms with E-state index < -0.39 is 5.97 Å². The first-order valence-corrected chi connectivity index (χ1v) is 6.01. The smallest absolute Gasteiger partial charge is 0.303 e. The molecule has 0 saturated carbocycles. The first-order chi connectivity index (χ1) is 7.20. The number of aliphatic carboxylic acids is 1. The van der Waals surface area contributed by atoms with E-state index in [-0.39, 0.29) is 6.42 Å². The molecule has 82 valence electrons. The van der Waals surface area contributed by atoms with Crippen molar-refractivity contribution in [2.45, 2.75) is 24.3 Å². The Morgan fingerprint density at radius 2 is 2.33 bits per heavy atom. The van der Waals surface area contributed by atoms with Gasteiger partial charge in [-0.1, -0.05) is 11.6 Å². The fraction of sp³-hybridized carbons (Fsp3) is 0.400. The van der Waals surface area contributed by atoms with Gasteiger partial charge in [-0.15, -0.1) is 11.8 Å². The fourth-order valence-electron chi connectivity index (χ4n) is 1.02. The molecule has 0 spiro atoms. The number of halogens is 1. The van der Waals surface area contributed by atoms with E-state index >= 15 is 0 Å². The highest BCUT2D eigenvalue weighted by molar-refractivity contribution is 7.99. The van der Waals surface area contributed by atoms with Gasteiger partial charge in [0.05, 0.1) is 5.02 Å². The van der Waals surface area contributed by atoms with Crippen molar-refractivity contribution < 1.29 is 9.90 Å². The van der Waals surface area contributed by atoms with E-state index in [1.807, 2.05) is 0 Å². The highest BCUT2D eigenvalue weighted by Crippen LogP contribution is 2.24. The zero-order chi connectivity index (χ0) is 11.1. The minimum atomic E-state index is -0.740. The molecule has 1 aromatic rings. The number of thioether (sulfide) groups is 1. The molecular formula is C10H12ClNO2S. The first-order valence-electron chi connectivity index (χ1n) is 4.65. The topological polar surface area (TPSA) is 50.2 Å². The molecule has 5 heteroatoms. The van der Waals surface area contributed by atoms with Crippen LogP contribution in [0.4, 0.5) is 0 Å². The second kappa shape index (κ2) is 6.69. The number of nitrogens with zero attached hydrogens (tertiary/aromatic N) is 1. The summed E-state index contributed by atoms with van der Waals surface area (Å²) in [4.78, 5) is 14.4. The van der Waals surface area contributed by atoms with E-state index in [0.29, 0.717) is 11.4 Å². The highest BCUT2D eigenvalue weighted by Gasteiger charge is 2.01. The van der Waals surface area contributed by atoms with Gasteiger partial charge in [0.25, 0.3) is 0 Å². The Labute approximate surface area is 97.9 Å². The Balaban J connectivity index is 2.21. The molecule has 3 nitrogen and oxygen atoms in total. The quantitative estimate of drug-likeness (QED) is 0.618. The van der Waals surface area contributed by atoms with Crippen LogP contribution in [0.1, 0.15) is 19.3 Å². The zero-order valence-electron chi connectivity index (χ0n) is 8.15. The van der Waals surface area contributed by atoms with E-state index in [2.05, 4.69) is 4.98 Å². The molecule has 0 bridgehead atoms. The second-order valence-corrected chi connectivity index (χ2v) is 4.48. The molecular weight excluding hydrogens is 234 g/mol. The molecule has 0 fully saturated rings. The molecule has 0 atom stereocenters. The molecule has 1 heterocycles. The third-order valence-electron chi connectivity index (χ3n) is 1.75. The van der Waals surface area contributed by atoms with Crippen molar-refractivity contribution in [2.24, 2.45) is 0 Å². The van der Waals surface area contributed by atoms with E-state index in [1.54, 1.807) is 30.1 Å². The summed E-state index contributed by atoms with van der Waals surface area (Å²) in [5, 5.41) is 9.90. The SMILES string of the molecule is O=C(O)CCCCSc1ncccc1Cl. The summed E-state index contributed by atoms with van der Waals surface area (Å²) in [5.74, 6) is 0.111. The van der Waals surface area contributed by atoms with Crippen LogP contribution in [0.5, 0.6) is 0 Å². The van der Waals surface area contributed by atoms with Gasteiger partial charge in [-0.25, -0.2) is 4.98 Å². The monoisotopic (exact) mass is 245 g/mol. The summed E-state index contributed by atoms with van der Waals surface area (Å²) in [5.41, 5.74) is 0. The van der Waals surface area contributed by atoms with Gasteiger partial charge in [0.15, 0.2) is 0 Å². The molecule has 15 heavy (non-hydrogen) atoms. The molecule has 0 aromatic carbocycles. The van der Waals surface area contributed by atoms with E-state index in [0.717, 1.165) is 17.2 Å². The lowest BCUT2D eigenvalue weighted by Crippen LogP contribution is -1.94. The number of hydrogen-bond donors (Lipinski definition) is 1. The van der Waals surface area contributed by atoms with Crippen molar-refractivity contribution in [1.82, 2.24) is 4.98 Å². The predicted molar refractivity (Wildman–Crippen MR) is 61.5 cm³/mol. The number of carbonyl (C=O) groups is 1. The Morgan fingerprint density at radius 3 is 3.00 bits per heavy atom. The van der Waals surface area contributed by atoms with Crippen molar-refractivity contribution in [3.63, 3.8) is 0 Å². The summed E-state index contributed by atoms with van der Waals surface area (Å²) < 4.78 is 0. The average Bonchev–Trinajstić information content (AvgIpc) is 2.20. The molecule has 0 aliphatic heterocycles. The second-order valence-electron chi connectivity index (χ2n) is 2.99. The van der Waals surface area contributed by atoms with E-state index in [1.165, 1.54) is 0 Å². The Hall–Kier alpha value is -0.740. The van der Waals surface area contributed by atoms with Gasteiger partial charge < -0.3 is 5.11 Å². The van der Waals surface area contributed by atoms with Crippen LogP contribution in [0.25, 0.3) is 0 Å². The van der Waals surface area contributed by atoms with Gasteiger partial charge >= 0.3 is 5.97 Å². The average molecular weight is 246 g/mol. The van der Waals surface area contributed by atoms with Crippen molar-refractivity contribution in [3.8, 4) is 0 Å². The number of carboxylic acids is 1. The summed E-state index contributed by atoms with van der Waals surface area (Å²) in [6.45, 7) is 0.